The summed E-state index contributed by atoms with van der Waals surface area (Å²) in [6.45, 7) is 4.45. The van der Waals surface area contributed by atoms with Crippen LogP contribution < -0.4 is 4.74 Å². The summed E-state index contributed by atoms with van der Waals surface area (Å²) < 4.78 is 37.8. The molecule has 30 heavy (non-hydrogen) atoms. The third-order valence-electron chi connectivity index (χ3n) is 5.38. The first kappa shape index (κ1) is 22.6. The maximum Gasteiger partial charge on any atom is 0.343 e. The first-order valence-electron chi connectivity index (χ1n) is 9.42. The summed E-state index contributed by atoms with van der Waals surface area (Å²) in [6, 6.07) is 6.36. The van der Waals surface area contributed by atoms with Gasteiger partial charge in [0.25, 0.3) is 5.92 Å². The number of alkyl halides is 2. The van der Waals surface area contributed by atoms with E-state index in [1.807, 2.05) is 19.9 Å². The minimum absolute atomic E-state index is 0.00882. The number of allylic oxidation sites excluding steroid dienone is 1. The molecule has 0 saturated heterocycles. The molecule has 1 aliphatic rings. The maximum atomic E-state index is 13.9. The molecule has 0 radical (unpaired) electrons. The van der Waals surface area contributed by atoms with E-state index in [2.05, 4.69) is 4.74 Å². The van der Waals surface area contributed by atoms with Gasteiger partial charge in [-0.05, 0) is 59.9 Å². The first-order chi connectivity index (χ1) is 14.0. The molecule has 3 nitrogen and oxygen atoms in total. The number of aryl methyl sites for hydroxylation is 1. The van der Waals surface area contributed by atoms with E-state index in [-0.39, 0.29) is 18.1 Å². The Morgan fingerprint density at radius 2 is 1.93 bits per heavy atom. The molecule has 1 atom stereocenters. The van der Waals surface area contributed by atoms with Gasteiger partial charge < -0.3 is 9.47 Å². The Labute approximate surface area is 184 Å². The zero-order valence-electron chi connectivity index (χ0n) is 17.1. The zero-order chi connectivity index (χ0) is 22.2. The zero-order valence-corrected chi connectivity index (χ0v) is 18.6. The molecule has 160 valence electrons. The molecule has 0 fully saturated rings. The van der Waals surface area contributed by atoms with Crippen LogP contribution in [0, 0.1) is 6.92 Å². The van der Waals surface area contributed by atoms with Crippen molar-refractivity contribution in [3.63, 3.8) is 0 Å². The van der Waals surface area contributed by atoms with Gasteiger partial charge >= 0.3 is 5.97 Å². The van der Waals surface area contributed by atoms with E-state index in [0.29, 0.717) is 27.8 Å². The molecule has 0 bridgehead atoms. The van der Waals surface area contributed by atoms with Crippen molar-refractivity contribution in [3.8, 4) is 5.75 Å². The number of methoxy groups -OCH3 is 1. The highest BCUT2D eigenvalue weighted by Crippen LogP contribution is 2.44. The van der Waals surface area contributed by atoms with Crippen molar-refractivity contribution in [1.82, 2.24) is 0 Å². The number of benzene rings is 2. The Morgan fingerprint density at radius 1 is 1.23 bits per heavy atom. The molecule has 1 unspecified atom stereocenters. The molecule has 0 saturated carbocycles. The number of rotatable bonds is 6. The molecule has 0 aliphatic heterocycles. The van der Waals surface area contributed by atoms with Gasteiger partial charge in [-0.3, -0.25) is 0 Å². The molecule has 0 heterocycles. The molecular formula is C23H22Cl2F2O3. The van der Waals surface area contributed by atoms with Crippen LogP contribution in [0.25, 0.3) is 6.08 Å². The van der Waals surface area contributed by atoms with Gasteiger partial charge in [0.15, 0.2) is 6.61 Å². The lowest BCUT2D eigenvalue weighted by atomic mass is 9.90. The average Bonchev–Trinajstić information content (AvgIpc) is 3.00. The number of hydrogen-bond acceptors (Lipinski definition) is 3. The topological polar surface area (TPSA) is 35.5 Å². The third kappa shape index (κ3) is 4.47. The van der Waals surface area contributed by atoms with Crippen LogP contribution in [0.2, 0.25) is 10.0 Å². The van der Waals surface area contributed by atoms with E-state index >= 15 is 0 Å². The van der Waals surface area contributed by atoms with Gasteiger partial charge in [-0.2, -0.15) is 0 Å². The molecule has 0 aromatic heterocycles. The van der Waals surface area contributed by atoms with Crippen molar-refractivity contribution in [2.45, 2.75) is 39.0 Å². The second kappa shape index (κ2) is 8.56. The SMILES string of the molecule is COC(=O)COc1ccc(Cl)c(CC2=Cc3c(C)cc(C(C)(F)F)cc3C2C)c1Cl. The van der Waals surface area contributed by atoms with Crippen LogP contribution in [-0.4, -0.2) is 19.7 Å². The van der Waals surface area contributed by atoms with Crippen molar-refractivity contribution in [3.05, 3.63) is 67.7 Å². The Morgan fingerprint density at radius 3 is 2.57 bits per heavy atom. The Hall–Kier alpha value is -2.11. The van der Waals surface area contributed by atoms with Crippen LogP contribution in [0.1, 0.15) is 47.6 Å². The Balaban J connectivity index is 1.91. The number of halogens is 4. The minimum Gasteiger partial charge on any atom is -0.480 e. The monoisotopic (exact) mass is 454 g/mol. The molecule has 7 heteroatoms. The average molecular weight is 455 g/mol. The minimum atomic E-state index is -2.90. The largest absolute Gasteiger partial charge is 0.480 e. The lowest BCUT2D eigenvalue weighted by Gasteiger charge is -2.18. The molecule has 2 aromatic carbocycles. The molecule has 0 N–H and O–H groups in total. The molecule has 3 rings (SSSR count). The van der Waals surface area contributed by atoms with Gasteiger partial charge in [-0.15, -0.1) is 0 Å². The standard InChI is InChI=1S/C23H22Cl2F2O3/c1-12-7-15(23(3,26)27)10-17-13(2)14(8-16(12)17)9-18-19(24)5-6-20(22(18)25)30-11-21(28)29-4/h5-8,10,13H,9,11H2,1-4H3. The smallest absolute Gasteiger partial charge is 0.343 e. The number of carbonyl (C=O) groups excluding carboxylic acids is 1. The first-order valence-corrected chi connectivity index (χ1v) is 10.2. The van der Waals surface area contributed by atoms with Crippen molar-refractivity contribution in [1.29, 1.82) is 0 Å². The summed E-state index contributed by atoms with van der Waals surface area (Å²) in [5.74, 6) is -3.16. The molecule has 0 spiro atoms. The summed E-state index contributed by atoms with van der Waals surface area (Å²) in [6.07, 6.45) is 2.45. The second-order valence-corrected chi connectivity index (χ2v) is 8.29. The predicted molar refractivity (Wildman–Crippen MR) is 115 cm³/mol. The van der Waals surface area contributed by atoms with Crippen molar-refractivity contribution in [2.24, 2.45) is 0 Å². The summed E-state index contributed by atoms with van der Waals surface area (Å²) in [5, 5.41) is 0.778. The number of esters is 1. The second-order valence-electron chi connectivity index (χ2n) is 7.51. The van der Waals surface area contributed by atoms with Crippen molar-refractivity contribution in [2.75, 3.05) is 13.7 Å². The van der Waals surface area contributed by atoms with Crippen LogP contribution in [0.5, 0.6) is 5.75 Å². The van der Waals surface area contributed by atoms with Crippen LogP contribution in [0.3, 0.4) is 0 Å². The fourth-order valence-electron chi connectivity index (χ4n) is 3.60. The fourth-order valence-corrected chi connectivity index (χ4v) is 4.16. The van der Waals surface area contributed by atoms with Gasteiger partial charge in [-0.1, -0.05) is 41.8 Å². The summed E-state index contributed by atoms with van der Waals surface area (Å²) >= 11 is 12.9. The van der Waals surface area contributed by atoms with E-state index in [1.54, 1.807) is 18.2 Å². The summed E-state index contributed by atoms with van der Waals surface area (Å²) in [7, 11) is 1.27. The van der Waals surface area contributed by atoms with E-state index < -0.39 is 11.9 Å². The quantitative estimate of drug-likeness (QED) is 0.455. The van der Waals surface area contributed by atoms with Crippen LogP contribution in [-0.2, 0) is 21.9 Å². The van der Waals surface area contributed by atoms with Crippen LogP contribution in [0.15, 0.2) is 29.8 Å². The van der Waals surface area contributed by atoms with Crippen molar-refractivity contribution < 1.29 is 23.0 Å². The number of ether oxygens (including phenoxy) is 2. The van der Waals surface area contributed by atoms with Crippen LogP contribution in [0.4, 0.5) is 8.78 Å². The highest BCUT2D eigenvalue weighted by Gasteiger charge is 2.30. The van der Waals surface area contributed by atoms with E-state index in [4.69, 9.17) is 27.9 Å². The third-order valence-corrected chi connectivity index (χ3v) is 6.15. The van der Waals surface area contributed by atoms with Gasteiger partial charge in [0, 0.05) is 23.4 Å². The highest BCUT2D eigenvalue weighted by molar-refractivity contribution is 6.37. The highest BCUT2D eigenvalue weighted by atomic mass is 35.5. The fraction of sp³-hybridized carbons (Fsp3) is 0.348. The Bertz CT molecular complexity index is 1030. The summed E-state index contributed by atoms with van der Waals surface area (Å²) in [5.41, 5.74) is 4.30. The number of carbonyl (C=O) groups is 1. The number of fused-ring (bicyclic) bond motifs is 1. The maximum absolute atomic E-state index is 13.9. The van der Waals surface area contributed by atoms with E-state index in [0.717, 1.165) is 29.2 Å². The van der Waals surface area contributed by atoms with E-state index in [9.17, 15) is 13.6 Å². The molecular weight excluding hydrogens is 433 g/mol. The normalized spacial score (nSPS) is 15.6. The molecule has 1 aliphatic carbocycles. The Kier molecular flexibility index (Phi) is 6.44. The van der Waals surface area contributed by atoms with Gasteiger partial charge in [-0.25, -0.2) is 13.6 Å². The van der Waals surface area contributed by atoms with Gasteiger partial charge in [0.05, 0.1) is 12.1 Å². The molecule has 2 aromatic rings. The molecule has 0 amide bonds. The van der Waals surface area contributed by atoms with E-state index in [1.165, 1.54) is 13.2 Å². The predicted octanol–water partition coefficient (Wildman–Crippen LogP) is 6.71. The summed E-state index contributed by atoms with van der Waals surface area (Å²) in [4.78, 5) is 11.3. The lowest BCUT2D eigenvalue weighted by Crippen LogP contribution is -2.13. The number of hydrogen-bond donors (Lipinski definition) is 0. The van der Waals surface area contributed by atoms with Gasteiger partial charge in [0.2, 0.25) is 0 Å². The lowest BCUT2D eigenvalue weighted by molar-refractivity contribution is -0.142. The van der Waals surface area contributed by atoms with Gasteiger partial charge in [0.1, 0.15) is 5.75 Å². The van der Waals surface area contributed by atoms with Crippen molar-refractivity contribution >= 4 is 35.2 Å². The van der Waals surface area contributed by atoms with Crippen LogP contribution >= 0.6 is 23.2 Å².